The summed E-state index contributed by atoms with van der Waals surface area (Å²) < 4.78 is 5.20. The molecule has 4 aromatic rings. The van der Waals surface area contributed by atoms with E-state index in [9.17, 15) is 9.90 Å². The number of hydrogen-bond donors (Lipinski definition) is 3. The van der Waals surface area contributed by atoms with Crippen molar-refractivity contribution in [2.45, 2.75) is 20.4 Å². The molecule has 0 bridgehead atoms. The lowest BCUT2D eigenvalue weighted by atomic mass is 10.1. The van der Waals surface area contributed by atoms with Crippen LogP contribution in [0.15, 0.2) is 70.9 Å². The summed E-state index contributed by atoms with van der Waals surface area (Å²) in [5.41, 5.74) is 5.39. The zero-order chi connectivity index (χ0) is 22.7. The van der Waals surface area contributed by atoms with Crippen LogP contribution < -0.4 is 10.1 Å². The lowest BCUT2D eigenvalue weighted by Crippen LogP contribution is -2.22. The first-order valence-electron chi connectivity index (χ1n) is 10.2. The van der Waals surface area contributed by atoms with E-state index in [4.69, 9.17) is 4.74 Å². The number of rotatable bonds is 6. The second kappa shape index (κ2) is 8.93. The number of aromatic hydroxyl groups is 1. The van der Waals surface area contributed by atoms with Gasteiger partial charge in [-0.3, -0.25) is 4.79 Å². The molecule has 0 atom stereocenters. The average Bonchev–Trinajstić information content (AvgIpc) is 3.12. The number of nitrogens with zero attached hydrogens (tertiary/aromatic N) is 2. The highest BCUT2D eigenvalue weighted by Crippen LogP contribution is 2.38. The minimum absolute atomic E-state index is 0.0222. The lowest BCUT2D eigenvalue weighted by molar-refractivity contribution is 0.0951. The van der Waals surface area contributed by atoms with Crippen LogP contribution in [-0.4, -0.2) is 23.1 Å². The molecule has 0 aliphatic rings. The van der Waals surface area contributed by atoms with Crippen molar-refractivity contribution in [1.29, 1.82) is 0 Å². The summed E-state index contributed by atoms with van der Waals surface area (Å²) in [5, 5.41) is 22.4. The first kappa shape index (κ1) is 21.1. The van der Waals surface area contributed by atoms with Gasteiger partial charge in [-0.2, -0.15) is 5.11 Å². The number of hydrogen-bond acceptors (Lipinski definition) is 5. The fourth-order valence-corrected chi connectivity index (χ4v) is 3.58. The number of carbonyl (C=O) groups excluding carboxylic acids is 1. The number of benzene rings is 3. The van der Waals surface area contributed by atoms with Gasteiger partial charge in [0, 0.05) is 17.5 Å². The second-order valence-electron chi connectivity index (χ2n) is 7.61. The number of ether oxygens (including phenoxy) is 1. The van der Waals surface area contributed by atoms with Gasteiger partial charge >= 0.3 is 0 Å². The topological polar surface area (TPSA) is 99.1 Å². The Labute approximate surface area is 185 Å². The Morgan fingerprint density at radius 3 is 2.59 bits per heavy atom. The maximum atomic E-state index is 12.4. The van der Waals surface area contributed by atoms with Crippen LogP contribution in [0, 0.1) is 13.8 Å². The third kappa shape index (κ3) is 4.46. The molecule has 0 unspecified atom stereocenters. The van der Waals surface area contributed by atoms with Crippen LogP contribution >= 0.6 is 0 Å². The smallest absolute Gasteiger partial charge is 0.251 e. The Balaban J connectivity index is 1.46. The summed E-state index contributed by atoms with van der Waals surface area (Å²) in [7, 11) is 1.61. The molecule has 1 amide bonds. The molecule has 1 aromatic heterocycles. The molecule has 4 rings (SSSR count). The number of aromatic nitrogens is 1. The molecule has 7 heteroatoms. The largest absolute Gasteiger partial charge is 0.497 e. The van der Waals surface area contributed by atoms with Crippen molar-refractivity contribution >= 4 is 28.2 Å². The highest BCUT2D eigenvalue weighted by atomic mass is 16.5. The monoisotopic (exact) mass is 428 g/mol. The van der Waals surface area contributed by atoms with Crippen LogP contribution in [0.4, 0.5) is 11.4 Å². The second-order valence-corrected chi connectivity index (χ2v) is 7.61. The molecule has 0 radical (unpaired) electrons. The first-order valence-corrected chi connectivity index (χ1v) is 10.2. The van der Waals surface area contributed by atoms with Crippen LogP contribution in [0.1, 0.15) is 27.0 Å². The summed E-state index contributed by atoms with van der Waals surface area (Å²) in [4.78, 5) is 15.4. The van der Waals surface area contributed by atoms with E-state index in [-0.39, 0.29) is 11.8 Å². The summed E-state index contributed by atoms with van der Waals surface area (Å²) in [5.74, 6) is 0.542. The molecule has 0 aliphatic heterocycles. The van der Waals surface area contributed by atoms with E-state index in [2.05, 4.69) is 20.5 Å². The fraction of sp³-hybridized carbons (Fsp3) is 0.160. The molecule has 7 nitrogen and oxygen atoms in total. The van der Waals surface area contributed by atoms with Crippen molar-refractivity contribution in [2.75, 3.05) is 7.11 Å². The molecular weight excluding hydrogens is 404 g/mol. The number of nitrogens with one attached hydrogen (secondary N) is 2. The molecule has 32 heavy (non-hydrogen) atoms. The van der Waals surface area contributed by atoms with Crippen molar-refractivity contribution < 1.29 is 14.6 Å². The van der Waals surface area contributed by atoms with Gasteiger partial charge in [0.1, 0.15) is 5.75 Å². The van der Waals surface area contributed by atoms with Gasteiger partial charge in [0.05, 0.1) is 18.3 Å². The number of methoxy groups -OCH3 is 1. The van der Waals surface area contributed by atoms with Crippen molar-refractivity contribution in [3.8, 4) is 11.6 Å². The standard InChI is InChI=1S/C25H24N4O3/c1-15-11-16(2)22-21(12-15)23(25(31)27-22)29-28-19-9-7-18(8-10-19)24(30)26-14-17-5-4-6-20(13-17)32-3/h4-13,27,31H,14H2,1-3H3,(H,26,30). The Kier molecular flexibility index (Phi) is 5.89. The van der Waals surface area contributed by atoms with Crippen LogP contribution in [0.3, 0.4) is 0 Å². The van der Waals surface area contributed by atoms with Crippen LogP contribution in [0.5, 0.6) is 11.6 Å². The van der Waals surface area contributed by atoms with Gasteiger partial charge in [0.15, 0.2) is 5.69 Å². The number of fused-ring (bicyclic) bond motifs is 1. The summed E-state index contributed by atoms with van der Waals surface area (Å²) >= 11 is 0. The van der Waals surface area contributed by atoms with Crippen LogP contribution in [0.2, 0.25) is 0 Å². The van der Waals surface area contributed by atoms with Crippen molar-refractivity contribution in [2.24, 2.45) is 10.2 Å². The lowest BCUT2D eigenvalue weighted by Gasteiger charge is -2.07. The molecule has 0 saturated heterocycles. The van der Waals surface area contributed by atoms with E-state index < -0.39 is 0 Å². The Morgan fingerprint density at radius 1 is 1.06 bits per heavy atom. The molecule has 0 spiro atoms. The number of aromatic amines is 1. The van der Waals surface area contributed by atoms with E-state index in [1.165, 1.54) is 0 Å². The van der Waals surface area contributed by atoms with E-state index in [0.717, 1.165) is 33.3 Å². The molecule has 0 fully saturated rings. The van der Waals surface area contributed by atoms with Crippen LogP contribution in [-0.2, 0) is 6.54 Å². The third-order valence-electron chi connectivity index (χ3n) is 5.18. The number of H-pyrrole nitrogens is 1. The van der Waals surface area contributed by atoms with Crippen molar-refractivity contribution in [3.05, 3.63) is 82.9 Å². The zero-order valence-corrected chi connectivity index (χ0v) is 18.1. The van der Waals surface area contributed by atoms with Crippen LogP contribution in [0.25, 0.3) is 10.9 Å². The van der Waals surface area contributed by atoms with Gasteiger partial charge in [-0.25, -0.2) is 0 Å². The number of amides is 1. The third-order valence-corrected chi connectivity index (χ3v) is 5.18. The SMILES string of the molecule is COc1cccc(CNC(=O)c2ccc(N=Nc3c(O)[nH]c4c(C)cc(C)cc34)cc2)c1. The van der Waals surface area contributed by atoms with E-state index >= 15 is 0 Å². The predicted octanol–water partition coefficient (Wildman–Crippen LogP) is 5.84. The van der Waals surface area contributed by atoms with Crippen molar-refractivity contribution in [1.82, 2.24) is 10.3 Å². The highest BCUT2D eigenvalue weighted by molar-refractivity contribution is 5.96. The quantitative estimate of drug-likeness (QED) is 0.336. The summed E-state index contributed by atoms with van der Waals surface area (Å²) in [6, 6.07) is 18.4. The molecule has 0 saturated carbocycles. The van der Waals surface area contributed by atoms with E-state index in [0.29, 0.717) is 23.5 Å². The highest BCUT2D eigenvalue weighted by Gasteiger charge is 2.13. The minimum Gasteiger partial charge on any atom is -0.497 e. The van der Waals surface area contributed by atoms with Gasteiger partial charge in [-0.05, 0) is 67.4 Å². The minimum atomic E-state index is -0.184. The molecule has 0 aliphatic carbocycles. The Hall–Kier alpha value is -4.13. The number of carbonyl (C=O) groups is 1. The number of azo groups is 1. The van der Waals surface area contributed by atoms with Crippen molar-refractivity contribution in [3.63, 3.8) is 0 Å². The Morgan fingerprint density at radius 2 is 1.84 bits per heavy atom. The summed E-state index contributed by atoms with van der Waals surface area (Å²) in [6.45, 7) is 4.37. The van der Waals surface area contributed by atoms with E-state index in [1.807, 2.05) is 50.2 Å². The first-order chi connectivity index (χ1) is 15.4. The molecule has 3 aromatic carbocycles. The molecule has 1 heterocycles. The zero-order valence-electron chi connectivity index (χ0n) is 18.1. The molecule has 162 valence electrons. The van der Waals surface area contributed by atoms with Gasteiger partial charge in [0.25, 0.3) is 5.91 Å². The van der Waals surface area contributed by atoms with E-state index in [1.54, 1.807) is 31.4 Å². The average molecular weight is 428 g/mol. The van der Waals surface area contributed by atoms with Gasteiger partial charge in [0.2, 0.25) is 5.88 Å². The number of aryl methyl sites for hydroxylation is 2. The predicted molar refractivity (Wildman–Crippen MR) is 124 cm³/mol. The maximum Gasteiger partial charge on any atom is 0.251 e. The van der Waals surface area contributed by atoms with Gasteiger partial charge < -0.3 is 20.1 Å². The fourth-order valence-electron chi connectivity index (χ4n) is 3.58. The Bertz CT molecular complexity index is 1310. The maximum absolute atomic E-state index is 12.4. The molecular formula is C25H24N4O3. The molecule has 3 N–H and O–H groups in total. The summed E-state index contributed by atoms with van der Waals surface area (Å²) in [6.07, 6.45) is 0. The normalized spacial score (nSPS) is 11.2. The van der Waals surface area contributed by atoms with Gasteiger partial charge in [-0.15, -0.1) is 5.11 Å². The van der Waals surface area contributed by atoms with Gasteiger partial charge in [-0.1, -0.05) is 23.8 Å².